The molecule has 0 saturated carbocycles. The van der Waals surface area contributed by atoms with Crippen molar-refractivity contribution in [1.29, 1.82) is 0 Å². The molecule has 1 N–H and O–H groups in total. The molecule has 1 saturated heterocycles. The molecule has 44 heavy (non-hydrogen) atoms. The van der Waals surface area contributed by atoms with Crippen LogP contribution in [-0.4, -0.2) is 74.5 Å². The molecule has 3 aromatic heterocycles. The average molecular weight is 605 g/mol. The lowest BCUT2D eigenvalue weighted by atomic mass is 10.0. The van der Waals surface area contributed by atoms with Crippen molar-refractivity contribution >= 4 is 22.8 Å². The number of aromatic nitrogens is 4. The van der Waals surface area contributed by atoms with Crippen LogP contribution in [0.5, 0.6) is 11.6 Å². The lowest BCUT2D eigenvalue weighted by Gasteiger charge is -2.36. The number of hydrogen-bond donors (Lipinski definition) is 1. The number of pyridine rings is 2. The van der Waals surface area contributed by atoms with Gasteiger partial charge in [-0.1, -0.05) is 19.9 Å². The summed E-state index contributed by atoms with van der Waals surface area (Å²) < 4.78 is 27.9. The highest BCUT2D eigenvalue weighted by Crippen LogP contribution is 2.39. The zero-order valence-electron chi connectivity index (χ0n) is 26.0. The molecular formula is C32H37FN6O5. The van der Waals surface area contributed by atoms with Crippen molar-refractivity contribution in [3.05, 3.63) is 64.1 Å². The fraction of sp³-hybridized carbons (Fsp3) is 0.406. The zero-order valence-corrected chi connectivity index (χ0v) is 26.0. The van der Waals surface area contributed by atoms with Crippen molar-refractivity contribution in [1.82, 2.24) is 24.4 Å². The van der Waals surface area contributed by atoms with Crippen molar-refractivity contribution in [2.45, 2.75) is 53.1 Å². The monoisotopic (exact) mass is 604 g/mol. The number of hydrogen-bond acceptors (Lipinski definition) is 9. The Balaban J connectivity index is 1.75. The first kappa shape index (κ1) is 30.7. The summed E-state index contributed by atoms with van der Waals surface area (Å²) in [6.07, 6.45) is 1.28. The Morgan fingerprint density at radius 3 is 2.41 bits per heavy atom. The number of carbonyl (C=O) groups is 1. The van der Waals surface area contributed by atoms with Gasteiger partial charge in [-0.2, -0.15) is 4.98 Å². The maximum Gasteiger partial charge on any atom is 0.410 e. The Hall–Kier alpha value is -4.74. The minimum absolute atomic E-state index is 0.0359. The van der Waals surface area contributed by atoms with E-state index in [9.17, 15) is 14.7 Å². The molecule has 0 radical (unpaired) electrons. The minimum atomic E-state index is -0.680. The van der Waals surface area contributed by atoms with Crippen LogP contribution in [0.25, 0.3) is 27.8 Å². The maximum absolute atomic E-state index is 15.1. The largest absolute Gasteiger partial charge is 0.507 e. The lowest BCUT2D eigenvalue weighted by Crippen LogP contribution is -2.50. The summed E-state index contributed by atoms with van der Waals surface area (Å²) in [7, 11) is 1.43. The molecule has 4 heterocycles. The van der Waals surface area contributed by atoms with Gasteiger partial charge in [0.15, 0.2) is 0 Å². The predicted molar refractivity (Wildman–Crippen MR) is 165 cm³/mol. The van der Waals surface area contributed by atoms with Crippen molar-refractivity contribution in [3.63, 3.8) is 0 Å². The van der Waals surface area contributed by atoms with Gasteiger partial charge in [0, 0.05) is 32.4 Å². The van der Waals surface area contributed by atoms with Gasteiger partial charge in [-0.05, 0) is 63.4 Å². The van der Waals surface area contributed by atoms with Gasteiger partial charge in [0.25, 0.3) is 0 Å². The smallest absolute Gasteiger partial charge is 0.410 e. The Labute approximate surface area is 254 Å². The highest BCUT2D eigenvalue weighted by Gasteiger charge is 2.30. The molecule has 0 bridgehead atoms. The molecular weight excluding hydrogens is 567 g/mol. The first-order valence-electron chi connectivity index (χ1n) is 14.5. The standard InChI is InChI=1S/C32H37FN6O5/c1-18(2)26-27(19(3)11-12-34-26)39-22-17-21(24-20(33)9-8-10-23(24)40)35-29(43-7)25(22)28(36-30(39)41)37-13-15-38(16-14-37)31(42)44-32(4,5)6/h8-12,17-18,40H,13-16H2,1-7H3. The van der Waals surface area contributed by atoms with E-state index >= 15 is 4.39 Å². The number of phenolic OH excluding ortho intramolecular Hbond substituents is 1. The van der Waals surface area contributed by atoms with Gasteiger partial charge in [0.05, 0.1) is 35.3 Å². The molecule has 1 amide bonds. The minimum Gasteiger partial charge on any atom is -0.507 e. The van der Waals surface area contributed by atoms with Gasteiger partial charge < -0.3 is 24.4 Å². The number of aryl methyl sites for hydroxylation is 1. The van der Waals surface area contributed by atoms with Crippen molar-refractivity contribution in [2.24, 2.45) is 0 Å². The summed E-state index contributed by atoms with van der Waals surface area (Å²) in [4.78, 5) is 44.0. The summed E-state index contributed by atoms with van der Waals surface area (Å²) in [5, 5.41) is 11.0. The SMILES string of the molecule is COc1nc(-c2c(O)cccc2F)cc2c1c(N1CCN(C(=O)OC(C)(C)C)CC1)nc(=O)n2-c1c(C)ccnc1C(C)C. The number of carbonyl (C=O) groups excluding carboxylic acids is 1. The molecule has 12 heteroatoms. The fourth-order valence-corrected chi connectivity index (χ4v) is 5.39. The number of amides is 1. The molecule has 232 valence electrons. The van der Waals surface area contributed by atoms with Crippen molar-refractivity contribution in [3.8, 4) is 28.6 Å². The normalized spacial score (nSPS) is 13.9. The fourth-order valence-electron chi connectivity index (χ4n) is 5.39. The Morgan fingerprint density at radius 2 is 1.80 bits per heavy atom. The van der Waals surface area contributed by atoms with E-state index in [1.54, 1.807) is 17.2 Å². The zero-order chi connectivity index (χ0) is 31.9. The number of rotatable bonds is 5. The number of anilines is 1. The summed E-state index contributed by atoms with van der Waals surface area (Å²) in [5.74, 6) is -0.599. The van der Waals surface area contributed by atoms with E-state index < -0.39 is 23.2 Å². The predicted octanol–water partition coefficient (Wildman–Crippen LogP) is 5.18. The van der Waals surface area contributed by atoms with Crippen LogP contribution in [0.15, 0.2) is 41.3 Å². The highest BCUT2D eigenvalue weighted by atomic mass is 19.1. The van der Waals surface area contributed by atoms with E-state index in [1.807, 2.05) is 52.5 Å². The number of fused-ring (bicyclic) bond motifs is 1. The van der Waals surface area contributed by atoms with E-state index in [0.717, 1.165) is 5.56 Å². The molecule has 5 rings (SSSR count). The quantitative estimate of drug-likeness (QED) is 0.328. The first-order chi connectivity index (χ1) is 20.8. The van der Waals surface area contributed by atoms with E-state index in [2.05, 4.69) is 15.0 Å². The van der Waals surface area contributed by atoms with Crippen LogP contribution in [0, 0.1) is 12.7 Å². The van der Waals surface area contributed by atoms with Crippen molar-refractivity contribution < 1.29 is 23.8 Å². The Morgan fingerprint density at radius 1 is 1.09 bits per heavy atom. The molecule has 1 fully saturated rings. The molecule has 0 atom stereocenters. The summed E-state index contributed by atoms with van der Waals surface area (Å²) >= 11 is 0. The van der Waals surface area contributed by atoms with Crippen LogP contribution in [0.3, 0.4) is 0 Å². The van der Waals surface area contributed by atoms with E-state index in [0.29, 0.717) is 54.3 Å². The Kier molecular flexibility index (Phi) is 8.19. The van der Waals surface area contributed by atoms with Crippen LogP contribution < -0.4 is 15.3 Å². The lowest BCUT2D eigenvalue weighted by molar-refractivity contribution is 0.0240. The number of nitrogens with zero attached hydrogens (tertiary/aromatic N) is 6. The summed E-state index contributed by atoms with van der Waals surface area (Å²) in [6, 6.07) is 7.37. The molecule has 1 aliphatic rings. The third-order valence-corrected chi connectivity index (χ3v) is 7.42. The summed E-state index contributed by atoms with van der Waals surface area (Å²) in [6.45, 7) is 12.7. The number of aromatic hydroxyl groups is 1. The number of benzene rings is 1. The molecule has 0 unspecified atom stereocenters. The number of piperazine rings is 1. The van der Waals surface area contributed by atoms with Gasteiger partial charge in [-0.3, -0.25) is 9.55 Å². The number of halogens is 1. The highest BCUT2D eigenvalue weighted by molar-refractivity contribution is 5.97. The van der Waals surface area contributed by atoms with E-state index in [-0.39, 0.29) is 28.8 Å². The second-order valence-corrected chi connectivity index (χ2v) is 12.1. The summed E-state index contributed by atoms with van der Waals surface area (Å²) in [5.41, 5.74) is 1.15. The molecule has 1 aliphatic heterocycles. The molecule has 1 aromatic carbocycles. The van der Waals surface area contributed by atoms with Crippen LogP contribution in [0.2, 0.25) is 0 Å². The second kappa shape index (κ2) is 11.7. The van der Waals surface area contributed by atoms with E-state index in [1.165, 1.54) is 29.9 Å². The topological polar surface area (TPSA) is 123 Å². The Bertz CT molecular complexity index is 1770. The number of methoxy groups -OCH3 is 1. The third-order valence-electron chi connectivity index (χ3n) is 7.42. The number of phenols is 1. The van der Waals surface area contributed by atoms with Gasteiger partial charge in [0.1, 0.15) is 28.4 Å². The second-order valence-electron chi connectivity index (χ2n) is 12.1. The van der Waals surface area contributed by atoms with Crippen LogP contribution in [0.1, 0.15) is 51.8 Å². The number of ether oxygens (including phenoxy) is 2. The van der Waals surface area contributed by atoms with Crippen molar-refractivity contribution in [2.75, 3.05) is 38.2 Å². The molecule has 0 spiro atoms. The maximum atomic E-state index is 15.1. The van der Waals surface area contributed by atoms with E-state index in [4.69, 9.17) is 9.47 Å². The van der Waals surface area contributed by atoms with Gasteiger partial charge in [-0.15, -0.1) is 0 Å². The average Bonchev–Trinajstić information content (AvgIpc) is 2.95. The van der Waals surface area contributed by atoms with Crippen LogP contribution in [0.4, 0.5) is 15.0 Å². The molecule has 0 aliphatic carbocycles. The third kappa shape index (κ3) is 5.76. The molecule has 4 aromatic rings. The van der Waals surface area contributed by atoms with Gasteiger partial charge in [0.2, 0.25) is 5.88 Å². The van der Waals surface area contributed by atoms with Gasteiger partial charge in [-0.25, -0.2) is 19.0 Å². The molecule has 11 nitrogen and oxygen atoms in total. The van der Waals surface area contributed by atoms with Crippen LogP contribution >= 0.6 is 0 Å². The van der Waals surface area contributed by atoms with Gasteiger partial charge >= 0.3 is 11.8 Å². The first-order valence-corrected chi connectivity index (χ1v) is 14.5. The van der Waals surface area contributed by atoms with Crippen LogP contribution in [-0.2, 0) is 4.74 Å².